The van der Waals surface area contributed by atoms with Gasteiger partial charge in [-0.05, 0) is 48.0 Å². The van der Waals surface area contributed by atoms with Crippen molar-refractivity contribution in [1.82, 2.24) is 4.98 Å². The molecule has 0 bridgehead atoms. The molecule has 0 aliphatic rings. The first kappa shape index (κ1) is 17.0. The first-order chi connectivity index (χ1) is 12.2. The third kappa shape index (κ3) is 4.17. The number of hydrogen-bond acceptors (Lipinski definition) is 3. The van der Waals surface area contributed by atoms with Gasteiger partial charge in [0, 0.05) is 28.7 Å². The number of halogens is 1. The van der Waals surface area contributed by atoms with E-state index in [4.69, 9.17) is 16.3 Å². The van der Waals surface area contributed by atoms with Gasteiger partial charge in [0.25, 0.3) is 5.91 Å². The third-order valence-corrected chi connectivity index (χ3v) is 3.98. The predicted octanol–water partition coefficient (Wildman–Crippen LogP) is 4.59. The number of carbonyl (C=O) groups is 1. The minimum atomic E-state index is -0.134. The number of rotatable bonds is 5. The molecule has 0 radical (unpaired) electrons. The van der Waals surface area contributed by atoms with Gasteiger partial charge in [0.2, 0.25) is 0 Å². The molecular weight excluding hydrogens is 336 g/mol. The monoisotopic (exact) mass is 352 g/mol. The molecule has 25 heavy (non-hydrogen) atoms. The molecule has 1 amide bonds. The van der Waals surface area contributed by atoms with E-state index in [9.17, 15) is 4.79 Å². The smallest absolute Gasteiger partial charge is 0.258 e. The Morgan fingerprint density at radius 3 is 2.68 bits per heavy atom. The van der Waals surface area contributed by atoms with Crippen molar-refractivity contribution < 1.29 is 9.53 Å². The van der Waals surface area contributed by atoms with E-state index in [0.29, 0.717) is 22.9 Å². The van der Waals surface area contributed by atoms with Gasteiger partial charge in [-0.3, -0.25) is 9.78 Å². The van der Waals surface area contributed by atoms with Crippen LogP contribution in [0.25, 0.3) is 0 Å². The standard InChI is InChI=1S/C20H17ClN2O2/c1-25-19-9-2-6-16(11-19)20(24)23(14-15-5-4-10-22-13-15)18-8-3-7-17(21)12-18/h2-13H,14H2,1H3. The zero-order valence-corrected chi connectivity index (χ0v) is 14.5. The Balaban J connectivity index is 1.99. The number of hydrogen-bond donors (Lipinski definition) is 0. The van der Waals surface area contributed by atoms with Crippen molar-refractivity contribution in [2.75, 3.05) is 12.0 Å². The zero-order chi connectivity index (χ0) is 17.6. The lowest BCUT2D eigenvalue weighted by Gasteiger charge is -2.23. The van der Waals surface area contributed by atoms with Crippen LogP contribution in [0.3, 0.4) is 0 Å². The van der Waals surface area contributed by atoms with E-state index in [2.05, 4.69) is 4.98 Å². The highest BCUT2D eigenvalue weighted by atomic mass is 35.5. The number of pyridine rings is 1. The van der Waals surface area contributed by atoms with Crippen molar-refractivity contribution in [2.45, 2.75) is 6.54 Å². The van der Waals surface area contributed by atoms with Crippen LogP contribution in [0.2, 0.25) is 5.02 Å². The average Bonchev–Trinajstić information content (AvgIpc) is 2.66. The largest absolute Gasteiger partial charge is 0.497 e. The van der Waals surface area contributed by atoms with Crippen molar-refractivity contribution in [1.29, 1.82) is 0 Å². The van der Waals surface area contributed by atoms with E-state index < -0.39 is 0 Å². The van der Waals surface area contributed by atoms with Crippen LogP contribution >= 0.6 is 11.6 Å². The summed E-state index contributed by atoms with van der Waals surface area (Å²) in [6.07, 6.45) is 3.45. The van der Waals surface area contributed by atoms with Gasteiger partial charge in [-0.1, -0.05) is 29.8 Å². The summed E-state index contributed by atoms with van der Waals surface area (Å²) < 4.78 is 5.23. The lowest BCUT2D eigenvalue weighted by Crippen LogP contribution is -2.30. The summed E-state index contributed by atoms with van der Waals surface area (Å²) in [5.41, 5.74) is 2.20. The van der Waals surface area contributed by atoms with Crippen molar-refractivity contribution in [3.63, 3.8) is 0 Å². The minimum Gasteiger partial charge on any atom is -0.497 e. The fraction of sp³-hybridized carbons (Fsp3) is 0.100. The van der Waals surface area contributed by atoms with Crippen molar-refractivity contribution in [3.8, 4) is 5.75 Å². The maximum atomic E-state index is 13.1. The maximum Gasteiger partial charge on any atom is 0.258 e. The fourth-order valence-corrected chi connectivity index (χ4v) is 2.70. The van der Waals surface area contributed by atoms with E-state index in [-0.39, 0.29) is 5.91 Å². The van der Waals surface area contributed by atoms with Crippen LogP contribution in [0.5, 0.6) is 5.75 Å². The molecule has 0 unspecified atom stereocenters. The van der Waals surface area contributed by atoms with Gasteiger partial charge in [0.1, 0.15) is 5.75 Å². The molecular formula is C20H17ClN2O2. The molecule has 3 aromatic rings. The van der Waals surface area contributed by atoms with Crippen LogP contribution in [-0.2, 0) is 6.54 Å². The molecule has 0 saturated carbocycles. The Morgan fingerprint density at radius 1 is 1.12 bits per heavy atom. The molecule has 1 heterocycles. The number of ether oxygens (including phenoxy) is 1. The topological polar surface area (TPSA) is 42.4 Å². The predicted molar refractivity (Wildman–Crippen MR) is 99.2 cm³/mol. The maximum absolute atomic E-state index is 13.1. The highest BCUT2D eigenvalue weighted by Crippen LogP contribution is 2.24. The van der Waals surface area contributed by atoms with Crippen LogP contribution in [-0.4, -0.2) is 18.0 Å². The molecule has 0 atom stereocenters. The summed E-state index contributed by atoms with van der Waals surface area (Å²) >= 11 is 6.12. The van der Waals surface area contributed by atoms with Crippen molar-refractivity contribution in [2.24, 2.45) is 0 Å². The van der Waals surface area contributed by atoms with Gasteiger partial charge in [0.05, 0.1) is 13.7 Å². The lowest BCUT2D eigenvalue weighted by atomic mass is 10.1. The van der Waals surface area contributed by atoms with Gasteiger partial charge < -0.3 is 9.64 Å². The number of methoxy groups -OCH3 is 1. The minimum absolute atomic E-state index is 0.134. The molecule has 0 N–H and O–H groups in total. The fourth-order valence-electron chi connectivity index (χ4n) is 2.51. The number of anilines is 1. The summed E-state index contributed by atoms with van der Waals surface area (Å²) in [5.74, 6) is 0.503. The molecule has 3 rings (SSSR count). The highest BCUT2D eigenvalue weighted by Gasteiger charge is 2.19. The molecule has 0 saturated heterocycles. The van der Waals surface area contributed by atoms with E-state index in [1.54, 1.807) is 54.7 Å². The van der Waals surface area contributed by atoms with Gasteiger partial charge >= 0.3 is 0 Å². The summed E-state index contributed by atoms with van der Waals surface area (Å²) in [5, 5.41) is 0.576. The molecule has 126 valence electrons. The first-order valence-corrected chi connectivity index (χ1v) is 8.15. The van der Waals surface area contributed by atoms with Gasteiger partial charge in [-0.25, -0.2) is 0 Å². The van der Waals surface area contributed by atoms with Gasteiger partial charge in [-0.2, -0.15) is 0 Å². The Kier molecular flexibility index (Phi) is 5.31. The normalized spacial score (nSPS) is 10.3. The first-order valence-electron chi connectivity index (χ1n) is 7.78. The summed E-state index contributed by atoms with van der Waals surface area (Å²) in [7, 11) is 1.58. The van der Waals surface area contributed by atoms with Crippen LogP contribution < -0.4 is 9.64 Å². The number of carbonyl (C=O) groups excluding carboxylic acids is 1. The van der Waals surface area contributed by atoms with Crippen LogP contribution in [0.15, 0.2) is 73.1 Å². The lowest BCUT2D eigenvalue weighted by molar-refractivity contribution is 0.0985. The molecule has 0 aliphatic heterocycles. The average molecular weight is 353 g/mol. The van der Waals surface area contributed by atoms with Gasteiger partial charge in [-0.15, -0.1) is 0 Å². The highest BCUT2D eigenvalue weighted by molar-refractivity contribution is 6.31. The zero-order valence-electron chi connectivity index (χ0n) is 13.7. The Morgan fingerprint density at radius 2 is 1.96 bits per heavy atom. The second kappa shape index (κ2) is 7.81. The quantitative estimate of drug-likeness (QED) is 0.674. The molecule has 0 spiro atoms. The molecule has 0 fully saturated rings. The molecule has 5 heteroatoms. The van der Waals surface area contributed by atoms with Crippen LogP contribution in [0, 0.1) is 0 Å². The number of benzene rings is 2. The molecule has 1 aromatic heterocycles. The Bertz CT molecular complexity index is 868. The summed E-state index contributed by atoms with van der Waals surface area (Å²) in [6.45, 7) is 0.393. The molecule has 2 aromatic carbocycles. The second-order valence-corrected chi connectivity index (χ2v) is 5.90. The van der Waals surface area contributed by atoms with E-state index in [0.717, 1.165) is 11.3 Å². The molecule has 0 aliphatic carbocycles. The van der Waals surface area contributed by atoms with Gasteiger partial charge in [0.15, 0.2) is 0 Å². The number of amides is 1. The number of nitrogens with zero attached hydrogens (tertiary/aromatic N) is 2. The van der Waals surface area contributed by atoms with Crippen LogP contribution in [0.4, 0.5) is 5.69 Å². The third-order valence-electron chi connectivity index (χ3n) is 3.75. The molecule has 4 nitrogen and oxygen atoms in total. The summed E-state index contributed by atoms with van der Waals surface area (Å²) in [6, 6.07) is 18.1. The van der Waals surface area contributed by atoms with Crippen LogP contribution in [0.1, 0.15) is 15.9 Å². The van der Waals surface area contributed by atoms with E-state index in [1.165, 1.54) is 0 Å². The van der Waals surface area contributed by atoms with E-state index in [1.807, 2.05) is 30.3 Å². The Hall–Kier alpha value is -2.85. The van der Waals surface area contributed by atoms with E-state index >= 15 is 0 Å². The number of aromatic nitrogens is 1. The Labute approximate surface area is 151 Å². The SMILES string of the molecule is COc1cccc(C(=O)N(Cc2cccnc2)c2cccc(Cl)c2)c1. The van der Waals surface area contributed by atoms with Crippen molar-refractivity contribution >= 4 is 23.2 Å². The second-order valence-electron chi connectivity index (χ2n) is 5.46. The van der Waals surface area contributed by atoms with Crippen molar-refractivity contribution in [3.05, 3.63) is 89.2 Å². The summed E-state index contributed by atoms with van der Waals surface area (Å²) in [4.78, 5) is 18.9.